The van der Waals surface area contributed by atoms with Crippen LogP contribution in [0.25, 0.3) is 0 Å². The van der Waals surface area contributed by atoms with E-state index in [1.165, 1.54) is 24.6 Å². The molecule has 0 unspecified atom stereocenters. The normalized spacial score (nSPS) is 13.0. The number of unbranched alkanes of at least 4 members (excludes halogenated alkanes) is 4. The Kier molecular flexibility index (Phi) is 9.60. The standard InChI is InChI=1S/C23H31FN2O3/c1-17(27)22(25)23(28)26-20-12-8-18(9-13-20)7-5-3-2-4-6-16-29-21-14-10-19(24)11-15-21/h8-15,17,22,27H,2-7,16,25H2,1H3,(H,26,28)/t17-,22+/m1/s1. The van der Waals surface area contributed by atoms with Crippen molar-refractivity contribution in [3.8, 4) is 5.75 Å². The minimum atomic E-state index is -0.934. The van der Waals surface area contributed by atoms with Gasteiger partial charge in [-0.25, -0.2) is 4.39 Å². The number of aliphatic hydroxyl groups excluding tert-OH is 1. The number of hydrogen-bond donors (Lipinski definition) is 3. The van der Waals surface area contributed by atoms with Crippen LogP contribution >= 0.6 is 0 Å². The van der Waals surface area contributed by atoms with Gasteiger partial charge in [0.1, 0.15) is 17.6 Å². The average Bonchev–Trinajstić information content (AvgIpc) is 2.71. The molecule has 4 N–H and O–H groups in total. The highest BCUT2D eigenvalue weighted by atomic mass is 19.1. The van der Waals surface area contributed by atoms with E-state index < -0.39 is 18.1 Å². The Morgan fingerprint density at radius 2 is 1.66 bits per heavy atom. The highest BCUT2D eigenvalue weighted by Crippen LogP contribution is 2.15. The number of aryl methyl sites for hydroxylation is 1. The molecule has 2 aromatic rings. The van der Waals surface area contributed by atoms with Gasteiger partial charge in [0.2, 0.25) is 5.91 Å². The summed E-state index contributed by atoms with van der Waals surface area (Å²) in [4.78, 5) is 11.8. The Hall–Kier alpha value is -2.44. The molecule has 0 aliphatic carbocycles. The van der Waals surface area contributed by atoms with E-state index in [1.54, 1.807) is 12.1 Å². The van der Waals surface area contributed by atoms with Crippen molar-refractivity contribution in [1.82, 2.24) is 0 Å². The van der Waals surface area contributed by atoms with Gasteiger partial charge in [-0.2, -0.15) is 0 Å². The Balaban J connectivity index is 1.55. The van der Waals surface area contributed by atoms with Gasteiger partial charge in [-0.1, -0.05) is 31.4 Å². The fraction of sp³-hybridized carbons (Fsp3) is 0.435. The number of ether oxygens (including phenoxy) is 1. The van der Waals surface area contributed by atoms with Crippen molar-refractivity contribution in [1.29, 1.82) is 0 Å². The van der Waals surface area contributed by atoms with Crippen LogP contribution in [-0.4, -0.2) is 29.8 Å². The maximum absolute atomic E-state index is 12.8. The molecule has 2 atom stereocenters. The molecule has 6 heteroatoms. The van der Waals surface area contributed by atoms with Gasteiger partial charge >= 0.3 is 0 Å². The molecule has 0 aliphatic rings. The number of carbonyl (C=O) groups excluding carboxylic acids is 1. The molecule has 0 aromatic heterocycles. The molecule has 29 heavy (non-hydrogen) atoms. The minimum absolute atomic E-state index is 0.253. The first-order valence-electron chi connectivity index (χ1n) is 10.2. The van der Waals surface area contributed by atoms with Crippen molar-refractivity contribution in [2.75, 3.05) is 11.9 Å². The number of rotatable bonds is 12. The second-order valence-electron chi connectivity index (χ2n) is 7.27. The SMILES string of the molecule is C[C@@H](O)[C@H](N)C(=O)Nc1ccc(CCCCCCCOc2ccc(F)cc2)cc1. The average molecular weight is 403 g/mol. The summed E-state index contributed by atoms with van der Waals surface area (Å²) in [7, 11) is 0. The summed E-state index contributed by atoms with van der Waals surface area (Å²) in [5.74, 6) is 0.0623. The predicted molar refractivity (Wildman–Crippen MR) is 113 cm³/mol. The topological polar surface area (TPSA) is 84.6 Å². The molecule has 0 heterocycles. The van der Waals surface area contributed by atoms with Gasteiger partial charge in [-0.05, 0) is 68.1 Å². The summed E-state index contributed by atoms with van der Waals surface area (Å²) in [6.07, 6.45) is 5.61. The molecule has 0 aliphatic heterocycles. The van der Waals surface area contributed by atoms with Crippen molar-refractivity contribution in [3.05, 3.63) is 59.9 Å². The molecule has 1 amide bonds. The molecule has 2 rings (SSSR count). The first kappa shape index (κ1) is 22.8. The maximum Gasteiger partial charge on any atom is 0.243 e. The third-order valence-electron chi connectivity index (χ3n) is 4.74. The molecule has 2 aromatic carbocycles. The summed E-state index contributed by atoms with van der Waals surface area (Å²) in [6.45, 7) is 2.14. The van der Waals surface area contributed by atoms with Gasteiger partial charge in [0.05, 0.1) is 12.7 Å². The molecule has 158 valence electrons. The van der Waals surface area contributed by atoms with E-state index in [4.69, 9.17) is 10.5 Å². The Bertz CT molecular complexity index is 733. The number of halogens is 1. The Labute approximate surface area is 172 Å². The summed E-state index contributed by atoms with van der Waals surface area (Å²) in [5.41, 5.74) is 7.52. The predicted octanol–water partition coefficient (Wildman–Crippen LogP) is 4.04. The molecule has 0 saturated carbocycles. The van der Waals surface area contributed by atoms with Gasteiger partial charge in [-0.3, -0.25) is 4.79 Å². The molecule has 0 radical (unpaired) electrons. The van der Waals surface area contributed by atoms with Crippen LogP contribution in [0.15, 0.2) is 48.5 Å². The van der Waals surface area contributed by atoms with E-state index in [1.807, 2.05) is 24.3 Å². The van der Waals surface area contributed by atoms with Gasteiger partial charge in [0.15, 0.2) is 0 Å². The fourth-order valence-corrected chi connectivity index (χ4v) is 2.88. The van der Waals surface area contributed by atoms with Crippen LogP contribution in [0.2, 0.25) is 0 Å². The maximum atomic E-state index is 12.8. The van der Waals surface area contributed by atoms with E-state index >= 15 is 0 Å². The molecule has 0 fully saturated rings. The van der Waals surface area contributed by atoms with Crippen LogP contribution in [-0.2, 0) is 11.2 Å². The first-order chi connectivity index (χ1) is 14.0. The summed E-state index contributed by atoms with van der Waals surface area (Å²) in [5, 5.41) is 12.1. The monoisotopic (exact) mass is 402 g/mol. The van der Waals surface area contributed by atoms with Crippen molar-refractivity contribution in [3.63, 3.8) is 0 Å². The lowest BCUT2D eigenvalue weighted by molar-refractivity contribution is -0.119. The van der Waals surface area contributed by atoms with Crippen molar-refractivity contribution >= 4 is 11.6 Å². The molecular weight excluding hydrogens is 371 g/mol. The van der Waals surface area contributed by atoms with Gasteiger partial charge in [-0.15, -0.1) is 0 Å². The van der Waals surface area contributed by atoms with Gasteiger partial charge in [0, 0.05) is 5.69 Å². The van der Waals surface area contributed by atoms with E-state index in [9.17, 15) is 14.3 Å². The fourth-order valence-electron chi connectivity index (χ4n) is 2.88. The number of carbonyl (C=O) groups is 1. The van der Waals surface area contributed by atoms with Crippen LogP contribution in [0.1, 0.15) is 44.6 Å². The molecule has 0 bridgehead atoms. The van der Waals surface area contributed by atoms with Crippen LogP contribution in [0.4, 0.5) is 10.1 Å². The lowest BCUT2D eigenvalue weighted by atomic mass is 10.1. The van der Waals surface area contributed by atoms with Crippen molar-refractivity contribution in [2.45, 2.75) is 57.6 Å². The lowest BCUT2D eigenvalue weighted by Crippen LogP contribution is -2.43. The molecular formula is C23H31FN2O3. The van der Waals surface area contributed by atoms with Crippen molar-refractivity contribution in [2.24, 2.45) is 5.73 Å². The van der Waals surface area contributed by atoms with Crippen LogP contribution in [0.5, 0.6) is 5.75 Å². The molecule has 5 nitrogen and oxygen atoms in total. The highest BCUT2D eigenvalue weighted by Gasteiger charge is 2.18. The van der Waals surface area contributed by atoms with E-state index in [2.05, 4.69) is 5.32 Å². The van der Waals surface area contributed by atoms with E-state index in [0.29, 0.717) is 18.0 Å². The number of benzene rings is 2. The largest absolute Gasteiger partial charge is 0.494 e. The zero-order valence-corrected chi connectivity index (χ0v) is 16.9. The third-order valence-corrected chi connectivity index (χ3v) is 4.74. The molecule has 0 saturated heterocycles. The van der Waals surface area contributed by atoms with Crippen molar-refractivity contribution < 1.29 is 19.0 Å². The minimum Gasteiger partial charge on any atom is -0.494 e. The van der Waals surface area contributed by atoms with Crippen LogP contribution in [0, 0.1) is 5.82 Å². The van der Waals surface area contributed by atoms with Crippen LogP contribution in [0.3, 0.4) is 0 Å². The second-order valence-corrected chi connectivity index (χ2v) is 7.27. The zero-order valence-electron chi connectivity index (χ0n) is 16.9. The zero-order chi connectivity index (χ0) is 21.1. The number of nitrogens with two attached hydrogens (primary N) is 1. The van der Waals surface area contributed by atoms with E-state index in [-0.39, 0.29) is 5.82 Å². The summed E-state index contributed by atoms with van der Waals surface area (Å²) in [6, 6.07) is 12.9. The first-order valence-corrected chi connectivity index (χ1v) is 10.2. The quantitative estimate of drug-likeness (QED) is 0.468. The van der Waals surface area contributed by atoms with Gasteiger partial charge < -0.3 is 20.9 Å². The Morgan fingerprint density at radius 3 is 2.31 bits per heavy atom. The number of amides is 1. The second kappa shape index (κ2) is 12.2. The third kappa shape index (κ3) is 8.62. The number of hydrogen-bond acceptors (Lipinski definition) is 4. The molecule has 0 spiro atoms. The van der Waals surface area contributed by atoms with Gasteiger partial charge in [0.25, 0.3) is 0 Å². The van der Waals surface area contributed by atoms with Crippen LogP contribution < -0.4 is 15.8 Å². The summed E-state index contributed by atoms with van der Waals surface area (Å²) < 4.78 is 18.4. The number of nitrogens with one attached hydrogen (secondary N) is 1. The summed E-state index contributed by atoms with van der Waals surface area (Å²) >= 11 is 0. The lowest BCUT2D eigenvalue weighted by Gasteiger charge is -2.14. The number of aliphatic hydroxyl groups is 1. The highest BCUT2D eigenvalue weighted by molar-refractivity contribution is 5.95. The van der Waals surface area contributed by atoms with E-state index in [0.717, 1.165) is 38.5 Å². The Morgan fingerprint density at radius 1 is 1.03 bits per heavy atom. The smallest absolute Gasteiger partial charge is 0.243 e. The number of anilines is 1.